The lowest BCUT2D eigenvalue weighted by molar-refractivity contribution is -0.876. The number of rotatable bonds is 10. The van der Waals surface area contributed by atoms with Crippen LogP contribution < -0.4 is 15.5 Å². The van der Waals surface area contributed by atoms with E-state index in [-0.39, 0.29) is 11.0 Å². The zero-order valence-corrected chi connectivity index (χ0v) is 16.3. The molecule has 0 fully saturated rings. The highest BCUT2D eigenvalue weighted by atomic mass is 31.2. The molecule has 12 heteroatoms. The normalized spacial score (nSPS) is 17.4. The molecule has 0 radical (unpaired) electrons. The van der Waals surface area contributed by atoms with Gasteiger partial charge in [-0.15, -0.1) is 0 Å². The highest BCUT2D eigenvalue weighted by Crippen LogP contribution is 2.34. The number of phosphoric ester groups is 1. The Labute approximate surface area is 157 Å². The van der Waals surface area contributed by atoms with Gasteiger partial charge in [0.15, 0.2) is 0 Å². The minimum atomic E-state index is -5.17. The van der Waals surface area contributed by atoms with Crippen molar-refractivity contribution < 1.29 is 43.1 Å². The fourth-order valence-electron chi connectivity index (χ4n) is 1.98. The average molecular weight is 407 g/mol. The van der Waals surface area contributed by atoms with E-state index in [1.54, 1.807) is 51.5 Å². The number of quaternary nitrogens is 1. The molecule has 1 rings (SSSR count). The fraction of sp³-hybridized carbons (Fsp3) is 0.533. The first-order valence-electron chi connectivity index (χ1n) is 7.95. The molecule has 2 amide bonds. The second kappa shape index (κ2) is 9.58. The maximum atomic E-state index is 11.9. The fourth-order valence-corrected chi connectivity index (χ4v) is 2.39. The van der Waals surface area contributed by atoms with E-state index in [1.165, 1.54) is 0 Å². The summed E-state index contributed by atoms with van der Waals surface area (Å²) in [6.45, 7) is -1.64. The maximum Gasteiger partial charge on any atom is 0.319 e. The highest BCUT2D eigenvalue weighted by Gasteiger charge is 2.35. The molecule has 0 aliphatic heterocycles. The Morgan fingerprint density at radius 2 is 1.93 bits per heavy atom. The van der Waals surface area contributed by atoms with Crippen molar-refractivity contribution in [3.8, 4) is 0 Å². The number of hydrogen-bond donors (Lipinski definition) is 5. The van der Waals surface area contributed by atoms with E-state index in [9.17, 15) is 24.5 Å². The van der Waals surface area contributed by atoms with E-state index >= 15 is 0 Å². The van der Waals surface area contributed by atoms with E-state index in [1.807, 2.05) is 0 Å². The number of benzene rings is 1. The largest absolute Gasteiger partial charge is 0.756 e. The van der Waals surface area contributed by atoms with Gasteiger partial charge in [-0.25, -0.2) is 4.79 Å². The number of nitrogens with one attached hydrogen (secondary N) is 2. The number of likely N-dealkylation sites (N-methyl/N-ethyl adjacent to an activating group) is 1. The number of hydrogen-bond acceptors (Lipinski definition) is 7. The zero-order valence-electron chi connectivity index (χ0n) is 15.4. The molecule has 1 aromatic carbocycles. The highest BCUT2D eigenvalue weighted by molar-refractivity contribution is 7.44. The number of carbonyl (C=O) groups is 1. The summed E-state index contributed by atoms with van der Waals surface area (Å²) in [4.78, 5) is 31.8. The topological polar surface area (TPSA) is 160 Å². The van der Waals surface area contributed by atoms with Gasteiger partial charge in [0, 0.05) is 5.69 Å². The van der Waals surface area contributed by atoms with Crippen LogP contribution in [0.2, 0.25) is 0 Å². The Morgan fingerprint density at radius 3 is 2.41 bits per heavy atom. The van der Waals surface area contributed by atoms with Crippen LogP contribution in [0.15, 0.2) is 30.3 Å². The third-order valence-electron chi connectivity index (χ3n) is 3.10. The van der Waals surface area contributed by atoms with Crippen LogP contribution >= 0.6 is 7.82 Å². The van der Waals surface area contributed by atoms with Crippen molar-refractivity contribution in [2.45, 2.75) is 12.1 Å². The Kier molecular flexibility index (Phi) is 8.33. The van der Waals surface area contributed by atoms with Crippen molar-refractivity contribution in [3.05, 3.63) is 30.3 Å². The summed E-state index contributed by atoms with van der Waals surface area (Å²) in [6, 6.07) is 7.80. The second-order valence-corrected chi connectivity index (χ2v) is 8.02. The van der Waals surface area contributed by atoms with Gasteiger partial charge >= 0.3 is 6.03 Å². The van der Waals surface area contributed by atoms with Crippen LogP contribution in [0.1, 0.15) is 0 Å². The van der Waals surface area contributed by atoms with E-state index in [0.29, 0.717) is 5.69 Å². The van der Waals surface area contributed by atoms with E-state index < -0.39 is 39.1 Å². The van der Waals surface area contributed by atoms with Crippen molar-refractivity contribution in [1.29, 1.82) is 0 Å². The van der Waals surface area contributed by atoms with Crippen LogP contribution in [0.25, 0.3) is 0 Å². The predicted octanol–water partition coefficient (Wildman–Crippen LogP) is -0.985. The summed E-state index contributed by atoms with van der Waals surface area (Å²) in [6.07, 6.45) is -1.60. The SMILES string of the molecule is C[N+](C)(C)CC(OC(O)(CO)CNC(=O)Nc1ccccc1)OP(=O)([O-])O. The molecule has 1 aromatic rings. The van der Waals surface area contributed by atoms with Crippen molar-refractivity contribution in [2.75, 3.05) is 46.2 Å². The Hall–Kier alpha value is -1.56. The molecule has 3 atom stereocenters. The molecule has 0 aromatic heterocycles. The molecule has 0 heterocycles. The summed E-state index contributed by atoms with van der Waals surface area (Å²) in [5.41, 5.74) is 0.502. The number of para-hydroxylation sites is 1. The van der Waals surface area contributed by atoms with Crippen LogP contribution in [0.5, 0.6) is 0 Å². The summed E-state index contributed by atoms with van der Waals surface area (Å²) in [5, 5.41) is 24.5. The molecule has 0 aliphatic carbocycles. The van der Waals surface area contributed by atoms with Crippen LogP contribution in [0, 0.1) is 0 Å². The first kappa shape index (κ1) is 23.5. The standard InChI is InChI=1S/C15H26N3O8P/c1-18(2,3)9-13(26-27(22,23)24)25-15(21,11-19)10-16-14(20)17-12-7-5-4-6-8-12/h4-8,13,19,21H,9-11H2,1-3H3,(H3-,16,17,20,22,23,24). The molecule has 0 bridgehead atoms. The summed E-state index contributed by atoms with van der Waals surface area (Å²) in [7, 11) is -0.0932. The van der Waals surface area contributed by atoms with Gasteiger partial charge in [0.1, 0.15) is 6.54 Å². The molecular formula is C15H26N3O8P. The van der Waals surface area contributed by atoms with Gasteiger partial charge in [-0.2, -0.15) is 0 Å². The minimum absolute atomic E-state index is 0.0920. The molecule has 0 saturated carbocycles. The number of aliphatic hydroxyl groups is 2. The number of aliphatic hydroxyl groups excluding tert-OH is 1. The third kappa shape index (κ3) is 10.4. The number of ether oxygens (including phenoxy) is 1. The zero-order chi connectivity index (χ0) is 20.7. The molecule has 11 nitrogen and oxygen atoms in total. The number of urea groups is 1. The number of nitrogens with zero attached hydrogens (tertiary/aromatic N) is 1. The lowest BCUT2D eigenvalue weighted by Gasteiger charge is -2.35. The monoisotopic (exact) mass is 407 g/mol. The lowest BCUT2D eigenvalue weighted by Crippen LogP contribution is -2.54. The Morgan fingerprint density at radius 1 is 1.33 bits per heavy atom. The van der Waals surface area contributed by atoms with Gasteiger partial charge in [0.05, 0.1) is 34.3 Å². The molecule has 154 valence electrons. The second-order valence-electron chi connectivity index (χ2n) is 6.87. The maximum absolute atomic E-state index is 11.9. The third-order valence-corrected chi connectivity index (χ3v) is 3.60. The van der Waals surface area contributed by atoms with Crippen LogP contribution in [0.3, 0.4) is 0 Å². The van der Waals surface area contributed by atoms with Gasteiger partial charge in [0.25, 0.3) is 7.82 Å². The van der Waals surface area contributed by atoms with Gasteiger partial charge in [-0.3, -0.25) is 9.09 Å². The van der Waals surface area contributed by atoms with Gasteiger partial charge < -0.3 is 39.9 Å². The van der Waals surface area contributed by atoms with Gasteiger partial charge in [-0.05, 0) is 12.1 Å². The molecule has 0 saturated heterocycles. The van der Waals surface area contributed by atoms with Crippen molar-refractivity contribution in [1.82, 2.24) is 5.32 Å². The van der Waals surface area contributed by atoms with E-state index in [4.69, 9.17) is 9.63 Å². The molecule has 3 unspecified atom stereocenters. The Bertz CT molecular complexity index is 648. The lowest BCUT2D eigenvalue weighted by atomic mass is 10.3. The summed E-state index contributed by atoms with van der Waals surface area (Å²) < 4.78 is 20.7. The molecule has 27 heavy (non-hydrogen) atoms. The van der Waals surface area contributed by atoms with Crippen molar-refractivity contribution in [2.24, 2.45) is 0 Å². The van der Waals surface area contributed by atoms with Gasteiger partial charge in [0.2, 0.25) is 12.1 Å². The molecule has 0 spiro atoms. The molecular weight excluding hydrogens is 381 g/mol. The minimum Gasteiger partial charge on any atom is -0.756 e. The van der Waals surface area contributed by atoms with Crippen molar-refractivity contribution >= 4 is 19.5 Å². The number of phosphoric acid groups is 1. The van der Waals surface area contributed by atoms with Gasteiger partial charge in [-0.1, -0.05) is 18.2 Å². The average Bonchev–Trinajstić information content (AvgIpc) is 2.50. The van der Waals surface area contributed by atoms with Crippen molar-refractivity contribution in [3.63, 3.8) is 0 Å². The molecule has 5 N–H and O–H groups in total. The van der Waals surface area contributed by atoms with Crippen LogP contribution in [-0.4, -0.2) is 78.5 Å². The smallest absolute Gasteiger partial charge is 0.319 e. The number of amides is 2. The summed E-state index contributed by atoms with van der Waals surface area (Å²) >= 11 is 0. The first-order chi connectivity index (χ1) is 12.3. The van der Waals surface area contributed by atoms with E-state index in [0.717, 1.165) is 0 Å². The molecule has 0 aliphatic rings. The van der Waals surface area contributed by atoms with Crippen LogP contribution in [0.4, 0.5) is 10.5 Å². The quantitative estimate of drug-likeness (QED) is 0.188. The van der Waals surface area contributed by atoms with Crippen LogP contribution in [-0.2, 0) is 13.8 Å². The first-order valence-corrected chi connectivity index (χ1v) is 9.45. The number of carbonyl (C=O) groups excluding carboxylic acids is 1. The predicted molar refractivity (Wildman–Crippen MR) is 94.2 cm³/mol. The number of anilines is 1. The van der Waals surface area contributed by atoms with E-state index in [2.05, 4.69) is 15.2 Å². The summed E-state index contributed by atoms with van der Waals surface area (Å²) in [5.74, 6) is -2.34. The Balaban J connectivity index is 2.72.